The van der Waals surface area contributed by atoms with Crippen molar-refractivity contribution in [2.24, 2.45) is 11.8 Å². The molecule has 0 spiro atoms. The van der Waals surface area contributed by atoms with Crippen LogP contribution in [0.3, 0.4) is 0 Å². The molecule has 1 amide bonds. The van der Waals surface area contributed by atoms with Gasteiger partial charge in [0.25, 0.3) is 5.91 Å². The Morgan fingerprint density at radius 1 is 1.53 bits per heavy atom. The number of hydrogen-bond donors (Lipinski definition) is 2. The molecular weight excluding hydrogens is 242 g/mol. The predicted molar refractivity (Wildman–Crippen MR) is 70.9 cm³/mol. The van der Waals surface area contributed by atoms with Crippen LogP contribution < -0.4 is 5.32 Å². The maximum Gasteiger partial charge on any atom is 0.255 e. The van der Waals surface area contributed by atoms with E-state index in [9.17, 15) is 9.90 Å². The average molecular weight is 261 g/mol. The van der Waals surface area contributed by atoms with Gasteiger partial charge in [0.05, 0.1) is 11.8 Å². The number of nitrogens with zero attached hydrogens (tertiary/aromatic N) is 2. The second kappa shape index (κ2) is 4.81. The minimum atomic E-state index is -0.00958. The van der Waals surface area contributed by atoms with E-state index in [1.807, 2.05) is 4.90 Å². The van der Waals surface area contributed by atoms with Crippen molar-refractivity contribution in [1.82, 2.24) is 15.2 Å². The van der Waals surface area contributed by atoms with Gasteiger partial charge < -0.3 is 15.3 Å². The van der Waals surface area contributed by atoms with Gasteiger partial charge >= 0.3 is 0 Å². The van der Waals surface area contributed by atoms with Gasteiger partial charge in [-0.3, -0.25) is 9.78 Å². The Kier molecular flexibility index (Phi) is 3.14. The van der Waals surface area contributed by atoms with Crippen LogP contribution >= 0.6 is 0 Å². The molecule has 19 heavy (non-hydrogen) atoms. The summed E-state index contributed by atoms with van der Waals surface area (Å²) >= 11 is 0. The molecular formula is C14H19N3O2. The van der Waals surface area contributed by atoms with E-state index in [0.29, 0.717) is 23.4 Å². The number of carbonyl (C=O) groups excluding carboxylic acids is 1. The Morgan fingerprint density at radius 3 is 3.11 bits per heavy atom. The van der Waals surface area contributed by atoms with E-state index in [0.717, 1.165) is 26.1 Å². The van der Waals surface area contributed by atoms with Gasteiger partial charge in [-0.05, 0) is 24.3 Å². The summed E-state index contributed by atoms with van der Waals surface area (Å²) in [4.78, 5) is 18.4. The van der Waals surface area contributed by atoms with Crippen LogP contribution in [0, 0.1) is 11.8 Å². The van der Waals surface area contributed by atoms with E-state index in [4.69, 9.17) is 0 Å². The van der Waals surface area contributed by atoms with E-state index in [1.165, 1.54) is 18.5 Å². The number of rotatable bonds is 2. The average Bonchev–Trinajstić information content (AvgIpc) is 2.97. The maximum absolute atomic E-state index is 12.6. The zero-order valence-corrected chi connectivity index (χ0v) is 11.0. The minimum absolute atomic E-state index is 0.00958. The molecule has 2 fully saturated rings. The van der Waals surface area contributed by atoms with E-state index in [-0.39, 0.29) is 11.7 Å². The van der Waals surface area contributed by atoms with Crippen LogP contribution in [-0.4, -0.2) is 46.6 Å². The summed E-state index contributed by atoms with van der Waals surface area (Å²) in [6, 6.07) is 1.80. The molecule has 3 atom stereocenters. The Hall–Kier alpha value is -1.62. The first-order chi connectivity index (χ1) is 9.20. The van der Waals surface area contributed by atoms with Gasteiger partial charge in [-0.25, -0.2) is 0 Å². The highest BCUT2D eigenvalue weighted by Gasteiger charge is 2.45. The van der Waals surface area contributed by atoms with Gasteiger partial charge in [-0.2, -0.15) is 0 Å². The molecule has 0 aliphatic carbocycles. The predicted octanol–water partition coefficient (Wildman–Crippen LogP) is 0.857. The lowest BCUT2D eigenvalue weighted by molar-refractivity contribution is 0.0711. The van der Waals surface area contributed by atoms with Crippen LogP contribution in [0.15, 0.2) is 18.5 Å². The highest BCUT2D eigenvalue weighted by atomic mass is 16.3. The Balaban J connectivity index is 1.84. The molecule has 3 rings (SSSR count). The second-order valence-electron chi connectivity index (χ2n) is 5.45. The summed E-state index contributed by atoms with van der Waals surface area (Å²) in [5.41, 5.74) is 0.478. The lowest BCUT2D eigenvalue weighted by Gasteiger charge is -2.27. The molecule has 5 heteroatoms. The van der Waals surface area contributed by atoms with E-state index in [2.05, 4.69) is 17.2 Å². The third kappa shape index (κ3) is 2.08. The fourth-order valence-corrected chi connectivity index (χ4v) is 3.49. The van der Waals surface area contributed by atoms with E-state index in [1.54, 1.807) is 0 Å². The number of fused-ring (bicyclic) bond motifs is 1. The molecule has 2 aliphatic rings. The van der Waals surface area contributed by atoms with Gasteiger partial charge in [0, 0.05) is 31.9 Å². The maximum atomic E-state index is 12.6. The number of aromatic nitrogens is 1. The fraction of sp³-hybridized carbons (Fsp3) is 0.571. The van der Waals surface area contributed by atoms with Crippen molar-refractivity contribution in [2.75, 3.05) is 19.6 Å². The number of likely N-dealkylation sites (tertiary alicyclic amines) is 1. The summed E-state index contributed by atoms with van der Waals surface area (Å²) in [6.45, 7) is 4.95. The van der Waals surface area contributed by atoms with E-state index >= 15 is 0 Å². The molecule has 0 bridgehead atoms. The number of carbonyl (C=O) groups is 1. The molecule has 0 aromatic carbocycles. The molecule has 0 saturated carbocycles. The SMILES string of the molecule is CCC1C2CNCC2CN1C(=O)c1cncc(O)c1. The lowest BCUT2D eigenvalue weighted by atomic mass is 9.93. The normalized spacial score (nSPS) is 29.5. The van der Waals surface area contributed by atoms with Crippen molar-refractivity contribution < 1.29 is 9.90 Å². The smallest absolute Gasteiger partial charge is 0.255 e. The van der Waals surface area contributed by atoms with Crippen LogP contribution in [0.25, 0.3) is 0 Å². The number of pyridine rings is 1. The van der Waals surface area contributed by atoms with Crippen LogP contribution in [0.1, 0.15) is 23.7 Å². The third-order valence-electron chi connectivity index (χ3n) is 4.37. The number of amides is 1. The van der Waals surface area contributed by atoms with Crippen LogP contribution in [-0.2, 0) is 0 Å². The van der Waals surface area contributed by atoms with Gasteiger partial charge in [-0.15, -0.1) is 0 Å². The van der Waals surface area contributed by atoms with Gasteiger partial charge in [0.2, 0.25) is 0 Å². The highest BCUT2D eigenvalue weighted by Crippen LogP contribution is 2.35. The van der Waals surface area contributed by atoms with Crippen molar-refractivity contribution in [1.29, 1.82) is 0 Å². The third-order valence-corrected chi connectivity index (χ3v) is 4.37. The number of hydrogen-bond acceptors (Lipinski definition) is 4. The van der Waals surface area contributed by atoms with Crippen LogP contribution in [0.5, 0.6) is 5.75 Å². The molecule has 102 valence electrons. The standard InChI is InChI=1S/C14H19N3O2/c1-2-13-12-7-16-5-10(12)8-17(13)14(19)9-3-11(18)6-15-4-9/h3-4,6,10,12-13,16,18H,2,5,7-8H2,1H3. The zero-order valence-electron chi connectivity index (χ0n) is 11.0. The van der Waals surface area contributed by atoms with Gasteiger partial charge in [0.15, 0.2) is 0 Å². The van der Waals surface area contributed by atoms with Crippen LogP contribution in [0.4, 0.5) is 0 Å². The first-order valence-corrected chi connectivity index (χ1v) is 6.86. The Bertz CT molecular complexity index is 491. The molecule has 0 radical (unpaired) electrons. The number of aromatic hydroxyl groups is 1. The molecule has 2 N–H and O–H groups in total. The van der Waals surface area contributed by atoms with Gasteiger partial charge in [0.1, 0.15) is 5.75 Å². The van der Waals surface area contributed by atoms with Crippen molar-refractivity contribution in [3.8, 4) is 5.75 Å². The largest absolute Gasteiger partial charge is 0.506 e. The van der Waals surface area contributed by atoms with Crippen molar-refractivity contribution in [2.45, 2.75) is 19.4 Å². The topological polar surface area (TPSA) is 65.5 Å². The number of nitrogens with one attached hydrogen (secondary N) is 1. The molecule has 2 saturated heterocycles. The van der Waals surface area contributed by atoms with Crippen molar-refractivity contribution in [3.05, 3.63) is 24.0 Å². The quantitative estimate of drug-likeness (QED) is 0.828. The molecule has 3 unspecified atom stereocenters. The van der Waals surface area contributed by atoms with E-state index < -0.39 is 0 Å². The van der Waals surface area contributed by atoms with Crippen LogP contribution in [0.2, 0.25) is 0 Å². The molecule has 2 aliphatic heterocycles. The van der Waals surface area contributed by atoms with Crippen molar-refractivity contribution in [3.63, 3.8) is 0 Å². The molecule has 5 nitrogen and oxygen atoms in total. The summed E-state index contributed by atoms with van der Waals surface area (Å²) in [5, 5.41) is 12.9. The van der Waals surface area contributed by atoms with Gasteiger partial charge in [-0.1, -0.05) is 6.92 Å². The zero-order chi connectivity index (χ0) is 13.4. The molecule has 1 aromatic heterocycles. The molecule has 1 aromatic rings. The lowest BCUT2D eigenvalue weighted by Crippen LogP contribution is -2.39. The summed E-state index contributed by atoms with van der Waals surface area (Å²) in [6.07, 6.45) is 3.85. The second-order valence-corrected chi connectivity index (χ2v) is 5.45. The summed E-state index contributed by atoms with van der Waals surface area (Å²) < 4.78 is 0. The van der Waals surface area contributed by atoms with Crippen molar-refractivity contribution >= 4 is 5.91 Å². The monoisotopic (exact) mass is 261 g/mol. The first-order valence-electron chi connectivity index (χ1n) is 6.86. The highest BCUT2D eigenvalue weighted by molar-refractivity contribution is 5.94. The first kappa shape index (κ1) is 12.4. The Labute approximate surface area is 112 Å². The fourth-order valence-electron chi connectivity index (χ4n) is 3.49. The minimum Gasteiger partial charge on any atom is -0.506 e. The molecule has 3 heterocycles. The summed E-state index contributed by atoms with van der Waals surface area (Å²) in [5.74, 6) is 1.17. The Morgan fingerprint density at radius 2 is 2.37 bits per heavy atom. The summed E-state index contributed by atoms with van der Waals surface area (Å²) in [7, 11) is 0.